The number of nitrogen functional groups attached to an aromatic ring is 1. The van der Waals surface area contributed by atoms with Gasteiger partial charge in [0.15, 0.2) is 6.10 Å². The van der Waals surface area contributed by atoms with Gasteiger partial charge in [-0.3, -0.25) is 4.79 Å². The Morgan fingerprint density at radius 1 is 1.40 bits per heavy atom. The van der Waals surface area contributed by atoms with Crippen molar-refractivity contribution in [2.45, 2.75) is 20.0 Å². The molecule has 0 spiro atoms. The summed E-state index contributed by atoms with van der Waals surface area (Å²) in [6, 6.07) is 4.99. The first-order valence-electron chi connectivity index (χ1n) is 6.42. The third-order valence-electron chi connectivity index (χ3n) is 2.73. The maximum absolute atomic E-state index is 12.2. The molecule has 0 bridgehead atoms. The predicted molar refractivity (Wildman–Crippen MR) is 78.7 cm³/mol. The zero-order valence-electron chi connectivity index (χ0n) is 12.3. The van der Waals surface area contributed by atoms with Gasteiger partial charge in [0.25, 0.3) is 5.91 Å². The lowest BCUT2D eigenvalue weighted by atomic mass is 10.1. The van der Waals surface area contributed by atoms with Gasteiger partial charge in [0.1, 0.15) is 0 Å². The van der Waals surface area contributed by atoms with Gasteiger partial charge < -0.3 is 20.7 Å². The Morgan fingerprint density at radius 3 is 2.60 bits per heavy atom. The Hall–Kier alpha value is -2.24. The van der Waals surface area contributed by atoms with Gasteiger partial charge in [-0.15, -0.1) is 0 Å². The number of amides is 1. The summed E-state index contributed by atoms with van der Waals surface area (Å²) >= 11 is 0. The summed E-state index contributed by atoms with van der Waals surface area (Å²) in [5.74, 6) is -0.893. The molecule has 1 aromatic carbocycles. The van der Waals surface area contributed by atoms with Crippen LogP contribution in [0, 0.1) is 0 Å². The summed E-state index contributed by atoms with van der Waals surface area (Å²) < 4.78 is 5.16. The maximum atomic E-state index is 12.2. The van der Waals surface area contributed by atoms with Crippen LogP contribution in [0.1, 0.15) is 24.2 Å². The summed E-state index contributed by atoms with van der Waals surface area (Å²) in [4.78, 5) is 25.5. The minimum absolute atomic E-state index is 0.323. The lowest BCUT2D eigenvalue weighted by Gasteiger charge is -2.19. The maximum Gasteiger partial charge on any atom is 0.341 e. The summed E-state index contributed by atoms with van der Waals surface area (Å²) in [6.45, 7) is 3.82. The van der Waals surface area contributed by atoms with Crippen LogP contribution in [0.2, 0.25) is 0 Å². The van der Waals surface area contributed by atoms with E-state index in [0.717, 1.165) is 0 Å². The Labute approximate surface area is 118 Å². The standard InChI is InChI=1S/C14H21N3O3/c1-5-16-13(18)9(2)20-14(19)11-8-10(15)6-7-12(11)17(3)4/h6-9H,5,15H2,1-4H3,(H,16,18). The first-order chi connectivity index (χ1) is 9.36. The number of rotatable bonds is 5. The number of carbonyl (C=O) groups excluding carboxylic acids is 2. The summed E-state index contributed by atoms with van der Waals surface area (Å²) in [7, 11) is 3.63. The van der Waals surface area contributed by atoms with Gasteiger partial charge in [-0.1, -0.05) is 0 Å². The van der Waals surface area contributed by atoms with Gasteiger partial charge in [0, 0.05) is 26.3 Å². The Morgan fingerprint density at radius 2 is 2.05 bits per heavy atom. The van der Waals surface area contributed by atoms with E-state index in [0.29, 0.717) is 23.5 Å². The van der Waals surface area contributed by atoms with Crippen LogP contribution >= 0.6 is 0 Å². The fraction of sp³-hybridized carbons (Fsp3) is 0.429. The Bertz CT molecular complexity index is 500. The number of esters is 1. The van der Waals surface area contributed by atoms with Gasteiger partial charge in [-0.25, -0.2) is 4.79 Å². The molecular formula is C14H21N3O3. The SMILES string of the molecule is CCNC(=O)C(C)OC(=O)c1cc(N)ccc1N(C)C. The van der Waals surface area contributed by atoms with Gasteiger partial charge in [0.05, 0.1) is 11.3 Å². The molecule has 0 fully saturated rings. The molecule has 0 aliphatic heterocycles. The largest absolute Gasteiger partial charge is 0.449 e. The van der Waals surface area contributed by atoms with E-state index in [-0.39, 0.29) is 5.91 Å². The van der Waals surface area contributed by atoms with Gasteiger partial charge >= 0.3 is 5.97 Å². The van der Waals surface area contributed by atoms with Crippen LogP contribution in [0.15, 0.2) is 18.2 Å². The van der Waals surface area contributed by atoms with Crippen LogP contribution in [-0.2, 0) is 9.53 Å². The first kappa shape index (κ1) is 15.8. The molecule has 6 nitrogen and oxygen atoms in total. The highest BCUT2D eigenvalue weighted by Gasteiger charge is 2.21. The van der Waals surface area contributed by atoms with Crippen molar-refractivity contribution >= 4 is 23.3 Å². The average molecular weight is 279 g/mol. The van der Waals surface area contributed by atoms with E-state index in [1.807, 2.05) is 14.1 Å². The highest BCUT2D eigenvalue weighted by Crippen LogP contribution is 2.22. The minimum Gasteiger partial charge on any atom is -0.449 e. The zero-order chi connectivity index (χ0) is 15.3. The van der Waals surface area contributed by atoms with Crippen LogP contribution in [-0.4, -0.2) is 38.6 Å². The topological polar surface area (TPSA) is 84.7 Å². The van der Waals surface area contributed by atoms with Crippen molar-refractivity contribution < 1.29 is 14.3 Å². The van der Waals surface area contributed by atoms with Crippen molar-refractivity contribution in [2.75, 3.05) is 31.3 Å². The molecule has 1 atom stereocenters. The molecule has 20 heavy (non-hydrogen) atoms. The Kier molecular flexibility index (Phi) is 5.37. The number of nitrogens with one attached hydrogen (secondary N) is 1. The predicted octanol–water partition coefficient (Wildman–Crippen LogP) is 1.02. The van der Waals surface area contributed by atoms with Crippen molar-refractivity contribution in [1.29, 1.82) is 0 Å². The number of anilines is 2. The van der Waals surface area contributed by atoms with Gasteiger partial charge in [-0.05, 0) is 32.0 Å². The van der Waals surface area contributed by atoms with Crippen molar-refractivity contribution in [3.63, 3.8) is 0 Å². The lowest BCUT2D eigenvalue weighted by molar-refractivity contribution is -0.128. The summed E-state index contributed by atoms with van der Waals surface area (Å²) in [5, 5.41) is 2.60. The molecule has 0 heterocycles. The summed E-state index contributed by atoms with van der Waals surface area (Å²) in [5.41, 5.74) is 7.19. The van der Waals surface area contributed by atoms with Crippen molar-refractivity contribution in [1.82, 2.24) is 5.32 Å². The van der Waals surface area contributed by atoms with E-state index in [4.69, 9.17) is 10.5 Å². The molecule has 6 heteroatoms. The van der Waals surface area contributed by atoms with Crippen LogP contribution < -0.4 is 16.0 Å². The molecular weight excluding hydrogens is 258 g/mol. The lowest BCUT2D eigenvalue weighted by Crippen LogP contribution is -2.35. The van der Waals surface area contributed by atoms with E-state index >= 15 is 0 Å². The quantitative estimate of drug-likeness (QED) is 0.621. The second kappa shape index (κ2) is 6.79. The molecule has 0 aliphatic rings. The minimum atomic E-state index is -0.848. The Balaban J connectivity index is 2.92. The number of benzene rings is 1. The van der Waals surface area contributed by atoms with Crippen LogP contribution in [0.4, 0.5) is 11.4 Å². The molecule has 0 saturated carbocycles. The molecule has 1 aromatic rings. The van der Waals surface area contributed by atoms with Crippen LogP contribution in [0.5, 0.6) is 0 Å². The zero-order valence-corrected chi connectivity index (χ0v) is 12.3. The van der Waals surface area contributed by atoms with Crippen molar-refractivity contribution in [3.05, 3.63) is 23.8 Å². The monoisotopic (exact) mass is 279 g/mol. The molecule has 0 aromatic heterocycles. The molecule has 3 N–H and O–H groups in total. The molecule has 0 saturated heterocycles. The normalized spacial score (nSPS) is 11.6. The van der Waals surface area contributed by atoms with Crippen molar-refractivity contribution in [3.8, 4) is 0 Å². The van der Waals surface area contributed by atoms with E-state index in [9.17, 15) is 9.59 Å². The number of likely N-dealkylation sites (N-methyl/N-ethyl adjacent to an activating group) is 1. The molecule has 1 unspecified atom stereocenters. The molecule has 0 radical (unpaired) electrons. The second-order valence-corrected chi connectivity index (χ2v) is 4.61. The molecule has 0 aliphatic carbocycles. The van der Waals surface area contributed by atoms with Gasteiger partial charge in [-0.2, -0.15) is 0 Å². The van der Waals surface area contributed by atoms with E-state index in [2.05, 4.69) is 5.32 Å². The highest BCUT2D eigenvalue weighted by atomic mass is 16.5. The number of carbonyl (C=O) groups is 2. The number of ether oxygens (including phenoxy) is 1. The number of hydrogen-bond acceptors (Lipinski definition) is 5. The highest BCUT2D eigenvalue weighted by molar-refractivity contribution is 5.98. The van der Waals surface area contributed by atoms with E-state index < -0.39 is 12.1 Å². The average Bonchev–Trinajstić information content (AvgIpc) is 2.38. The summed E-state index contributed by atoms with van der Waals surface area (Å²) in [6.07, 6.45) is -0.848. The fourth-order valence-corrected chi connectivity index (χ4v) is 1.70. The smallest absolute Gasteiger partial charge is 0.341 e. The van der Waals surface area contributed by atoms with Crippen LogP contribution in [0.25, 0.3) is 0 Å². The second-order valence-electron chi connectivity index (χ2n) is 4.61. The van der Waals surface area contributed by atoms with Crippen LogP contribution in [0.3, 0.4) is 0 Å². The first-order valence-corrected chi connectivity index (χ1v) is 6.42. The van der Waals surface area contributed by atoms with E-state index in [1.54, 1.807) is 30.0 Å². The molecule has 110 valence electrons. The van der Waals surface area contributed by atoms with Crippen molar-refractivity contribution in [2.24, 2.45) is 0 Å². The number of nitrogens with zero attached hydrogens (tertiary/aromatic N) is 1. The van der Waals surface area contributed by atoms with E-state index in [1.165, 1.54) is 6.92 Å². The molecule has 1 rings (SSSR count). The third kappa shape index (κ3) is 3.88. The number of nitrogens with two attached hydrogens (primary N) is 1. The number of hydrogen-bond donors (Lipinski definition) is 2. The molecule has 1 amide bonds. The van der Waals surface area contributed by atoms with Gasteiger partial charge in [0.2, 0.25) is 0 Å². The third-order valence-corrected chi connectivity index (χ3v) is 2.73. The fourth-order valence-electron chi connectivity index (χ4n) is 1.70.